The smallest absolute Gasteiger partial charge is 0.308 e. The lowest BCUT2D eigenvalue weighted by molar-refractivity contribution is -0.131. The molecule has 0 unspecified atom stereocenters. The molecule has 0 aliphatic carbocycles. The molecule has 0 bridgehead atoms. The molecule has 0 aliphatic rings. The minimum absolute atomic E-state index is 0.119. The van der Waals surface area contributed by atoms with Crippen LogP contribution in [0.15, 0.2) is 48.0 Å². The summed E-state index contributed by atoms with van der Waals surface area (Å²) in [5.74, 6) is -0.735. The van der Waals surface area contributed by atoms with Crippen molar-refractivity contribution >= 4 is 46.8 Å². The van der Waals surface area contributed by atoms with Crippen molar-refractivity contribution in [1.29, 1.82) is 5.26 Å². The van der Waals surface area contributed by atoms with Crippen LogP contribution in [-0.2, 0) is 9.59 Å². The Hall–Kier alpha value is -2.81. The molecule has 0 aliphatic heterocycles. The number of halogens is 2. The summed E-state index contributed by atoms with van der Waals surface area (Å²) in [5.41, 5.74) is 0.833. The first-order valence-electron chi connectivity index (χ1n) is 7.05. The molecule has 0 aromatic heterocycles. The Morgan fingerprint density at radius 1 is 1.16 bits per heavy atom. The van der Waals surface area contributed by atoms with Gasteiger partial charge in [-0.05, 0) is 42.0 Å². The molecule has 25 heavy (non-hydrogen) atoms. The maximum atomic E-state index is 12.2. The lowest BCUT2D eigenvalue weighted by Gasteiger charge is -2.06. The van der Waals surface area contributed by atoms with Gasteiger partial charge in [-0.1, -0.05) is 35.3 Å². The van der Waals surface area contributed by atoms with Gasteiger partial charge >= 0.3 is 5.97 Å². The minimum atomic E-state index is -0.598. The average Bonchev–Trinajstić information content (AvgIpc) is 2.55. The fourth-order valence-corrected chi connectivity index (χ4v) is 2.22. The zero-order valence-corrected chi connectivity index (χ0v) is 14.6. The van der Waals surface area contributed by atoms with Crippen molar-refractivity contribution < 1.29 is 14.3 Å². The molecule has 0 atom stereocenters. The summed E-state index contributed by atoms with van der Waals surface area (Å²) in [6.45, 7) is 1.29. The Bertz CT molecular complexity index is 901. The van der Waals surface area contributed by atoms with E-state index in [-0.39, 0.29) is 10.6 Å². The average molecular weight is 375 g/mol. The number of nitrogens with zero attached hydrogens (tertiary/aromatic N) is 1. The monoisotopic (exact) mass is 374 g/mol. The van der Waals surface area contributed by atoms with E-state index >= 15 is 0 Å². The number of ether oxygens (including phenoxy) is 1. The van der Waals surface area contributed by atoms with Gasteiger partial charge in [-0.3, -0.25) is 9.59 Å². The highest BCUT2D eigenvalue weighted by molar-refractivity contribution is 6.42. The molecule has 0 radical (unpaired) electrons. The Labute approximate surface area is 154 Å². The summed E-state index contributed by atoms with van der Waals surface area (Å²) < 4.78 is 4.97. The first-order valence-corrected chi connectivity index (χ1v) is 7.81. The third kappa shape index (κ3) is 5.35. The van der Waals surface area contributed by atoms with Gasteiger partial charge in [0.2, 0.25) is 0 Å². The number of carbonyl (C=O) groups is 2. The number of hydrogen-bond acceptors (Lipinski definition) is 4. The second-order valence-corrected chi connectivity index (χ2v) is 5.73. The highest BCUT2D eigenvalue weighted by atomic mass is 35.5. The molecule has 5 nitrogen and oxygen atoms in total. The Morgan fingerprint density at radius 3 is 2.56 bits per heavy atom. The zero-order chi connectivity index (χ0) is 18.4. The summed E-state index contributed by atoms with van der Waals surface area (Å²) in [5, 5.41) is 12.5. The number of carbonyl (C=O) groups excluding carboxylic acids is 2. The van der Waals surface area contributed by atoms with E-state index in [1.165, 1.54) is 25.1 Å². The second kappa shape index (κ2) is 8.34. The van der Waals surface area contributed by atoms with Crippen LogP contribution in [0.3, 0.4) is 0 Å². The molecular formula is C18H12Cl2N2O3. The molecule has 0 saturated carbocycles. The molecule has 2 rings (SSSR count). The minimum Gasteiger partial charge on any atom is -0.427 e. The first kappa shape index (κ1) is 18.5. The maximum Gasteiger partial charge on any atom is 0.308 e. The SMILES string of the molecule is CC(=O)Oc1cccc(/C=C(/C#N)C(=O)Nc2ccc(Cl)c(Cl)c2)c1. The van der Waals surface area contributed by atoms with Crippen molar-refractivity contribution in [3.8, 4) is 11.8 Å². The van der Waals surface area contributed by atoms with Gasteiger partial charge < -0.3 is 10.1 Å². The Morgan fingerprint density at radius 2 is 1.92 bits per heavy atom. The van der Waals surface area contributed by atoms with Crippen molar-refractivity contribution in [2.75, 3.05) is 5.32 Å². The number of nitriles is 1. The van der Waals surface area contributed by atoms with E-state index in [4.69, 9.17) is 27.9 Å². The molecule has 2 aromatic carbocycles. The third-order valence-electron chi connectivity index (χ3n) is 2.97. The van der Waals surface area contributed by atoms with E-state index in [2.05, 4.69) is 5.32 Å². The molecule has 1 N–H and O–H groups in total. The standard InChI is InChI=1S/C18H12Cl2N2O3/c1-11(23)25-15-4-2-3-12(8-15)7-13(10-21)18(24)22-14-5-6-16(19)17(20)9-14/h2-9H,1H3,(H,22,24)/b13-7-. The highest BCUT2D eigenvalue weighted by Crippen LogP contribution is 2.25. The van der Waals surface area contributed by atoms with Crippen LogP contribution in [0.4, 0.5) is 5.69 Å². The van der Waals surface area contributed by atoms with E-state index < -0.39 is 11.9 Å². The van der Waals surface area contributed by atoms with Gasteiger partial charge in [0.15, 0.2) is 0 Å². The van der Waals surface area contributed by atoms with Crippen LogP contribution in [0.5, 0.6) is 5.75 Å². The summed E-state index contributed by atoms with van der Waals surface area (Å²) in [7, 11) is 0. The number of esters is 1. The molecular weight excluding hydrogens is 363 g/mol. The number of benzene rings is 2. The van der Waals surface area contributed by atoms with Gasteiger partial charge in [0.1, 0.15) is 17.4 Å². The van der Waals surface area contributed by atoms with Crippen molar-refractivity contribution in [2.24, 2.45) is 0 Å². The van der Waals surface area contributed by atoms with Crippen LogP contribution in [0.2, 0.25) is 10.0 Å². The first-order chi connectivity index (χ1) is 11.9. The Kier molecular flexibility index (Phi) is 6.18. The third-order valence-corrected chi connectivity index (χ3v) is 3.71. The van der Waals surface area contributed by atoms with Crippen LogP contribution in [-0.4, -0.2) is 11.9 Å². The molecule has 2 aromatic rings. The van der Waals surface area contributed by atoms with Crippen LogP contribution in [0, 0.1) is 11.3 Å². The van der Waals surface area contributed by atoms with Crippen molar-refractivity contribution in [1.82, 2.24) is 0 Å². The van der Waals surface area contributed by atoms with E-state index in [0.29, 0.717) is 22.0 Å². The van der Waals surface area contributed by atoms with Crippen molar-refractivity contribution in [3.63, 3.8) is 0 Å². The topological polar surface area (TPSA) is 79.2 Å². The van der Waals surface area contributed by atoms with Gasteiger partial charge in [-0.15, -0.1) is 0 Å². The normalized spacial score (nSPS) is 10.7. The van der Waals surface area contributed by atoms with E-state index in [1.54, 1.807) is 30.3 Å². The number of anilines is 1. The summed E-state index contributed by atoms with van der Waals surface area (Å²) in [6, 6.07) is 12.9. The fourth-order valence-electron chi connectivity index (χ4n) is 1.92. The van der Waals surface area contributed by atoms with Crippen molar-refractivity contribution in [3.05, 3.63) is 63.6 Å². The summed E-state index contributed by atoms with van der Waals surface area (Å²) in [4.78, 5) is 23.2. The van der Waals surface area contributed by atoms with Crippen LogP contribution < -0.4 is 10.1 Å². The van der Waals surface area contributed by atoms with E-state index in [9.17, 15) is 14.9 Å². The molecule has 0 saturated heterocycles. The van der Waals surface area contributed by atoms with E-state index in [1.807, 2.05) is 6.07 Å². The van der Waals surface area contributed by atoms with Crippen LogP contribution in [0.1, 0.15) is 12.5 Å². The Balaban J connectivity index is 2.21. The second-order valence-electron chi connectivity index (χ2n) is 4.92. The van der Waals surface area contributed by atoms with Gasteiger partial charge in [-0.25, -0.2) is 0 Å². The molecule has 0 spiro atoms. The quantitative estimate of drug-likeness (QED) is 0.370. The lowest BCUT2D eigenvalue weighted by Crippen LogP contribution is -2.13. The maximum absolute atomic E-state index is 12.2. The van der Waals surface area contributed by atoms with E-state index in [0.717, 1.165) is 0 Å². The van der Waals surface area contributed by atoms with Crippen molar-refractivity contribution in [2.45, 2.75) is 6.92 Å². The summed E-state index contributed by atoms with van der Waals surface area (Å²) >= 11 is 11.7. The van der Waals surface area contributed by atoms with Gasteiger partial charge in [0.25, 0.3) is 5.91 Å². The van der Waals surface area contributed by atoms with Gasteiger partial charge in [-0.2, -0.15) is 5.26 Å². The lowest BCUT2D eigenvalue weighted by atomic mass is 10.1. The van der Waals surface area contributed by atoms with Gasteiger partial charge in [0.05, 0.1) is 10.0 Å². The fraction of sp³-hybridized carbons (Fsp3) is 0.0556. The predicted octanol–water partition coefficient (Wildman–Crippen LogP) is 4.46. The zero-order valence-electron chi connectivity index (χ0n) is 13.0. The largest absolute Gasteiger partial charge is 0.427 e. The molecule has 0 heterocycles. The number of rotatable bonds is 4. The number of nitrogens with one attached hydrogen (secondary N) is 1. The molecule has 0 fully saturated rings. The molecule has 126 valence electrons. The summed E-state index contributed by atoms with van der Waals surface area (Å²) in [6.07, 6.45) is 1.39. The van der Waals surface area contributed by atoms with Crippen LogP contribution >= 0.6 is 23.2 Å². The number of hydrogen-bond donors (Lipinski definition) is 1. The highest BCUT2D eigenvalue weighted by Gasteiger charge is 2.11. The van der Waals surface area contributed by atoms with Crippen LogP contribution in [0.25, 0.3) is 6.08 Å². The molecule has 1 amide bonds. The molecule has 7 heteroatoms. The number of amides is 1. The van der Waals surface area contributed by atoms with Gasteiger partial charge in [0, 0.05) is 12.6 Å². The predicted molar refractivity (Wildman–Crippen MR) is 96.4 cm³/mol.